The van der Waals surface area contributed by atoms with E-state index in [0.717, 1.165) is 11.3 Å². The van der Waals surface area contributed by atoms with E-state index in [1.807, 2.05) is 6.26 Å². The maximum absolute atomic E-state index is 12.7. The summed E-state index contributed by atoms with van der Waals surface area (Å²) in [7, 11) is 0. The summed E-state index contributed by atoms with van der Waals surface area (Å²) in [6.45, 7) is 0. The number of alkyl halides is 2. The normalized spacial score (nSPS) is 41.1. The first kappa shape index (κ1) is 16.8. The van der Waals surface area contributed by atoms with Gasteiger partial charge in [-0.05, 0) is 36.7 Å². The smallest absolute Gasteiger partial charge is 0.326 e. The van der Waals surface area contributed by atoms with Crippen molar-refractivity contribution in [1.29, 1.82) is 0 Å². The summed E-state index contributed by atoms with van der Waals surface area (Å²) in [4.78, 5) is 38.4. The highest BCUT2D eigenvalue weighted by Gasteiger charge is 2.67. The maximum Gasteiger partial charge on any atom is 0.326 e. The van der Waals surface area contributed by atoms with Crippen molar-refractivity contribution in [2.24, 2.45) is 23.7 Å². The van der Waals surface area contributed by atoms with Crippen LogP contribution in [0.5, 0.6) is 0 Å². The minimum Gasteiger partial charge on any atom is -0.480 e. The fourth-order valence-electron chi connectivity index (χ4n) is 4.27. The van der Waals surface area contributed by atoms with Gasteiger partial charge in [0.2, 0.25) is 11.8 Å². The van der Waals surface area contributed by atoms with Crippen LogP contribution in [0, 0.1) is 23.7 Å². The van der Waals surface area contributed by atoms with Gasteiger partial charge in [-0.1, -0.05) is 31.9 Å². The van der Waals surface area contributed by atoms with Crippen LogP contribution in [0.25, 0.3) is 0 Å². The number of carboxylic acid groups (broad SMARTS) is 1. The predicted octanol–water partition coefficient (Wildman–Crippen LogP) is 1.97. The fourth-order valence-corrected chi connectivity index (χ4v) is 6.60. The predicted molar refractivity (Wildman–Crippen MR) is 90.3 cm³/mol. The second-order valence-corrected chi connectivity index (χ2v) is 9.29. The standard InChI is InChI=1S/C14H17Br2NO4S/c1-22-3-2-7(14(20)21)17-12(18)8-5-4-6(9(8)13(17)19)11(16)10(5)15/h5-11H,2-4H2,1H3,(H,20,21)/t5-,6+,7-,8+,9-,10+,11+/m0/s1. The summed E-state index contributed by atoms with van der Waals surface area (Å²) in [5, 5.41) is 9.44. The van der Waals surface area contributed by atoms with Gasteiger partial charge in [-0.3, -0.25) is 14.5 Å². The lowest BCUT2D eigenvalue weighted by molar-refractivity contribution is -0.155. The molecule has 1 N–H and O–H groups in total. The van der Waals surface area contributed by atoms with Gasteiger partial charge in [0.25, 0.3) is 0 Å². The van der Waals surface area contributed by atoms with Crippen molar-refractivity contribution in [3.05, 3.63) is 0 Å². The van der Waals surface area contributed by atoms with Crippen LogP contribution in [0.3, 0.4) is 0 Å². The first-order valence-electron chi connectivity index (χ1n) is 7.27. The van der Waals surface area contributed by atoms with Crippen LogP contribution in [0.4, 0.5) is 0 Å². The average molecular weight is 455 g/mol. The van der Waals surface area contributed by atoms with Crippen LogP contribution >= 0.6 is 43.6 Å². The number of rotatable bonds is 5. The molecular formula is C14H17Br2NO4S. The van der Waals surface area contributed by atoms with E-state index in [1.54, 1.807) is 0 Å². The van der Waals surface area contributed by atoms with Gasteiger partial charge in [0.15, 0.2) is 0 Å². The van der Waals surface area contributed by atoms with E-state index in [2.05, 4.69) is 31.9 Å². The van der Waals surface area contributed by atoms with Gasteiger partial charge in [0.1, 0.15) is 6.04 Å². The van der Waals surface area contributed by atoms with Crippen LogP contribution in [0.15, 0.2) is 0 Å². The third-order valence-corrected chi connectivity index (χ3v) is 9.06. The molecule has 0 aromatic carbocycles. The zero-order valence-electron chi connectivity index (χ0n) is 11.9. The zero-order chi connectivity index (χ0) is 16.2. The monoisotopic (exact) mass is 453 g/mol. The van der Waals surface area contributed by atoms with Gasteiger partial charge in [-0.15, -0.1) is 0 Å². The molecule has 3 fully saturated rings. The van der Waals surface area contributed by atoms with Crippen LogP contribution in [0.2, 0.25) is 0 Å². The molecule has 1 heterocycles. The average Bonchev–Trinajstić information content (AvgIpc) is 3.06. The number of imide groups is 1. The van der Waals surface area contributed by atoms with E-state index in [4.69, 9.17) is 0 Å². The van der Waals surface area contributed by atoms with Crippen molar-refractivity contribution in [3.8, 4) is 0 Å². The molecule has 2 amide bonds. The van der Waals surface area contributed by atoms with Gasteiger partial charge in [-0.25, -0.2) is 4.79 Å². The molecule has 0 aromatic rings. The largest absolute Gasteiger partial charge is 0.480 e. The summed E-state index contributed by atoms with van der Waals surface area (Å²) in [5.41, 5.74) is 0. The minimum atomic E-state index is -1.09. The zero-order valence-corrected chi connectivity index (χ0v) is 15.9. The Morgan fingerprint density at radius 2 is 1.77 bits per heavy atom. The van der Waals surface area contributed by atoms with E-state index in [-0.39, 0.29) is 45.1 Å². The summed E-state index contributed by atoms with van der Waals surface area (Å²) in [6, 6.07) is -1.03. The number of carbonyl (C=O) groups is 3. The third-order valence-electron chi connectivity index (χ3n) is 5.21. The van der Waals surface area contributed by atoms with Crippen molar-refractivity contribution in [2.45, 2.75) is 28.5 Å². The van der Waals surface area contributed by atoms with Gasteiger partial charge in [0.05, 0.1) is 11.8 Å². The highest BCUT2D eigenvalue weighted by Crippen LogP contribution is 2.60. The molecule has 0 aromatic heterocycles. The molecule has 7 atom stereocenters. The first-order chi connectivity index (χ1) is 10.4. The lowest BCUT2D eigenvalue weighted by atomic mass is 9.81. The van der Waals surface area contributed by atoms with Crippen molar-refractivity contribution in [2.75, 3.05) is 12.0 Å². The van der Waals surface area contributed by atoms with Crippen LogP contribution < -0.4 is 0 Å². The fraction of sp³-hybridized carbons (Fsp3) is 0.786. The van der Waals surface area contributed by atoms with E-state index in [9.17, 15) is 19.5 Å². The Morgan fingerprint density at radius 3 is 2.18 bits per heavy atom. The van der Waals surface area contributed by atoms with Crippen molar-refractivity contribution < 1.29 is 19.5 Å². The van der Waals surface area contributed by atoms with Crippen molar-refractivity contribution in [1.82, 2.24) is 4.90 Å². The van der Waals surface area contributed by atoms with Gasteiger partial charge >= 0.3 is 5.97 Å². The summed E-state index contributed by atoms with van der Waals surface area (Å²) in [5.74, 6) is -1.47. The molecule has 0 unspecified atom stereocenters. The number of carbonyl (C=O) groups excluding carboxylic acids is 2. The number of hydrogen-bond donors (Lipinski definition) is 1. The second kappa shape index (κ2) is 6.09. The van der Waals surface area contributed by atoms with Crippen LogP contribution in [-0.4, -0.2) is 55.5 Å². The van der Waals surface area contributed by atoms with Gasteiger partial charge < -0.3 is 5.11 Å². The Balaban J connectivity index is 1.88. The highest BCUT2D eigenvalue weighted by atomic mass is 79.9. The molecule has 0 radical (unpaired) electrons. The Hall–Kier alpha value is -0.0800. The summed E-state index contributed by atoms with van der Waals surface area (Å²) in [6.07, 6.45) is 3.04. The SMILES string of the molecule is CSCC[C@@H](C(=O)O)N1C(=O)[C@@H]2[C@@H]3C[C@@H]([C@@H](Br)[C@@H]3Br)[C@@H]2C1=O. The molecule has 3 rings (SSSR count). The van der Waals surface area contributed by atoms with E-state index >= 15 is 0 Å². The number of likely N-dealkylation sites (tertiary alicyclic amines) is 1. The number of halogens is 2. The molecule has 8 heteroatoms. The molecule has 2 aliphatic carbocycles. The molecule has 0 spiro atoms. The van der Waals surface area contributed by atoms with Crippen molar-refractivity contribution >= 4 is 61.4 Å². The minimum absolute atomic E-state index is 0.121. The number of carboxylic acids is 1. The number of fused-ring (bicyclic) bond motifs is 5. The molecule has 2 saturated carbocycles. The Bertz CT molecular complexity index is 499. The highest BCUT2D eigenvalue weighted by molar-refractivity contribution is 9.12. The molecule has 3 aliphatic rings. The number of nitrogens with zero attached hydrogens (tertiary/aromatic N) is 1. The third kappa shape index (κ3) is 2.28. The molecule has 1 aliphatic heterocycles. The summed E-state index contributed by atoms with van der Waals surface area (Å²) < 4.78 is 0. The van der Waals surface area contributed by atoms with Gasteiger partial charge in [0, 0.05) is 9.65 Å². The second-order valence-electron chi connectivity index (χ2n) is 6.19. The topological polar surface area (TPSA) is 74.7 Å². The molecule has 2 bridgehead atoms. The number of aliphatic carboxylic acids is 1. The molecule has 122 valence electrons. The summed E-state index contributed by atoms with van der Waals surface area (Å²) >= 11 is 8.76. The van der Waals surface area contributed by atoms with E-state index in [0.29, 0.717) is 12.2 Å². The van der Waals surface area contributed by atoms with Gasteiger partial charge in [-0.2, -0.15) is 11.8 Å². The van der Waals surface area contributed by atoms with Crippen LogP contribution in [-0.2, 0) is 14.4 Å². The quantitative estimate of drug-likeness (QED) is 0.507. The maximum atomic E-state index is 12.7. The van der Waals surface area contributed by atoms with E-state index < -0.39 is 12.0 Å². The Kier molecular flexibility index (Phi) is 4.64. The molecule has 5 nitrogen and oxygen atoms in total. The number of amides is 2. The molecular weight excluding hydrogens is 438 g/mol. The van der Waals surface area contributed by atoms with Crippen molar-refractivity contribution in [3.63, 3.8) is 0 Å². The van der Waals surface area contributed by atoms with E-state index in [1.165, 1.54) is 11.8 Å². The number of thioether (sulfide) groups is 1. The Labute approximate surface area is 149 Å². The molecule has 1 saturated heterocycles. The number of hydrogen-bond acceptors (Lipinski definition) is 4. The van der Waals surface area contributed by atoms with Crippen LogP contribution in [0.1, 0.15) is 12.8 Å². The lowest BCUT2D eigenvalue weighted by Crippen LogP contribution is -2.46. The first-order valence-corrected chi connectivity index (χ1v) is 10.5. The molecule has 22 heavy (non-hydrogen) atoms. The Morgan fingerprint density at radius 1 is 1.27 bits per heavy atom. The lowest BCUT2D eigenvalue weighted by Gasteiger charge is -2.28.